The minimum absolute atomic E-state index is 0.183. The van der Waals surface area contributed by atoms with Crippen LogP contribution in [0.25, 0.3) is 4.85 Å². The van der Waals surface area contributed by atoms with Crippen molar-refractivity contribution in [3.05, 3.63) is 62.4 Å². The van der Waals surface area contributed by atoms with Crippen LogP contribution in [0.3, 0.4) is 0 Å². The number of thioether (sulfide) groups is 1. The first-order valence-electron chi connectivity index (χ1n) is 8.79. The predicted molar refractivity (Wildman–Crippen MR) is 102 cm³/mol. The molecule has 1 aromatic carbocycles. The fraction of sp³-hybridized carbons (Fsp3) is 0.450. The summed E-state index contributed by atoms with van der Waals surface area (Å²) in [5, 5.41) is 0.624. The number of benzene rings is 1. The predicted octanol–water partition coefficient (Wildman–Crippen LogP) is 5.28. The number of aryl methyl sites for hydroxylation is 2. The number of H-pyrrole nitrogens is 1. The number of nitrogens with one attached hydrogen (secondary N) is 1. The van der Waals surface area contributed by atoms with Crippen molar-refractivity contribution in [2.45, 2.75) is 62.8 Å². The molecule has 4 nitrogen and oxygen atoms in total. The van der Waals surface area contributed by atoms with Crippen molar-refractivity contribution in [1.29, 1.82) is 0 Å². The Morgan fingerprint density at radius 2 is 2.04 bits per heavy atom. The Morgan fingerprint density at radius 3 is 2.76 bits per heavy atom. The molecule has 130 valence electrons. The average molecular weight is 353 g/mol. The van der Waals surface area contributed by atoms with Crippen LogP contribution in [-0.4, -0.2) is 9.97 Å². The van der Waals surface area contributed by atoms with Gasteiger partial charge in [0.25, 0.3) is 11.2 Å². The van der Waals surface area contributed by atoms with E-state index in [1.54, 1.807) is 0 Å². The van der Waals surface area contributed by atoms with Crippen molar-refractivity contribution < 1.29 is 0 Å². The second kappa shape index (κ2) is 7.88. The van der Waals surface area contributed by atoms with Crippen LogP contribution in [0, 0.1) is 20.4 Å². The molecule has 0 saturated heterocycles. The fourth-order valence-electron chi connectivity index (χ4n) is 3.40. The van der Waals surface area contributed by atoms with Crippen LogP contribution in [0.2, 0.25) is 0 Å². The molecule has 1 saturated carbocycles. The van der Waals surface area contributed by atoms with Gasteiger partial charge >= 0.3 is 0 Å². The van der Waals surface area contributed by atoms with Crippen LogP contribution >= 0.6 is 11.8 Å². The van der Waals surface area contributed by atoms with Gasteiger partial charge in [0.1, 0.15) is 0 Å². The van der Waals surface area contributed by atoms with Crippen LogP contribution in [0.5, 0.6) is 0 Å². The van der Waals surface area contributed by atoms with E-state index < -0.39 is 0 Å². The summed E-state index contributed by atoms with van der Waals surface area (Å²) in [5.41, 5.74) is 4.32. The second-order valence-electron chi connectivity index (χ2n) is 6.77. The highest BCUT2D eigenvalue weighted by Crippen LogP contribution is 2.35. The van der Waals surface area contributed by atoms with E-state index in [1.807, 2.05) is 0 Å². The lowest BCUT2D eigenvalue weighted by Crippen LogP contribution is -2.15. The van der Waals surface area contributed by atoms with Crippen molar-refractivity contribution in [3.63, 3.8) is 0 Å². The second-order valence-corrected chi connectivity index (χ2v) is 7.73. The van der Waals surface area contributed by atoms with Gasteiger partial charge in [-0.3, -0.25) is 4.79 Å². The Balaban J connectivity index is 1.87. The van der Waals surface area contributed by atoms with Crippen LogP contribution in [-0.2, 0) is 5.75 Å². The Kier molecular flexibility index (Phi) is 5.60. The smallest absolute Gasteiger partial charge is 0.271 e. The third-order valence-electron chi connectivity index (χ3n) is 4.87. The number of rotatable bonds is 4. The third-order valence-corrected chi connectivity index (χ3v) is 5.79. The summed E-state index contributed by atoms with van der Waals surface area (Å²) in [6.07, 6.45) is 5.60. The zero-order chi connectivity index (χ0) is 17.8. The number of aromatic amines is 1. The quantitative estimate of drug-likeness (QED) is 0.462. The van der Waals surface area contributed by atoms with Gasteiger partial charge in [-0.25, -0.2) is 9.83 Å². The van der Waals surface area contributed by atoms with Gasteiger partial charge < -0.3 is 4.98 Å². The third kappa shape index (κ3) is 4.13. The minimum atomic E-state index is -0.297. The van der Waals surface area contributed by atoms with Gasteiger partial charge in [-0.1, -0.05) is 54.8 Å². The molecule has 1 aliphatic rings. The van der Waals surface area contributed by atoms with Gasteiger partial charge in [0.15, 0.2) is 5.16 Å². The molecule has 5 heteroatoms. The van der Waals surface area contributed by atoms with Gasteiger partial charge in [-0.05, 0) is 43.7 Å². The van der Waals surface area contributed by atoms with Crippen LogP contribution in [0.1, 0.15) is 60.4 Å². The maximum absolute atomic E-state index is 12.3. The molecule has 0 bridgehead atoms. The molecule has 0 amide bonds. The molecule has 1 N–H and O–H groups in total. The number of nitrogens with zero attached hydrogens (tertiary/aromatic N) is 2. The van der Waals surface area contributed by atoms with E-state index in [9.17, 15) is 4.79 Å². The molecule has 1 aromatic heterocycles. The summed E-state index contributed by atoms with van der Waals surface area (Å²) < 4.78 is 0. The first kappa shape index (κ1) is 17.8. The maximum atomic E-state index is 12.3. The summed E-state index contributed by atoms with van der Waals surface area (Å²) in [4.78, 5) is 23.3. The maximum Gasteiger partial charge on any atom is 0.271 e. The molecule has 25 heavy (non-hydrogen) atoms. The van der Waals surface area contributed by atoms with Crippen molar-refractivity contribution in [2.75, 3.05) is 0 Å². The normalized spacial score (nSPS) is 15.1. The summed E-state index contributed by atoms with van der Waals surface area (Å²) in [6, 6.07) is 6.41. The van der Waals surface area contributed by atoms with Gasteiger partial charge in [0.2, 0.25) is 0 Å². The lowest BCUT2D eigenvalue weighted by Gasteiger charge is -2.22. The number of hydrogen-bond donors (Lipinski definition) is 1. The molecule has 1 heterocycles. The topological polar surface area (TPSA) is 50.1 Å². The lowest BCUT2D eigenvalue weighted by atomic mass is 9.86. The largest absolute Gasteiger partial charge is 0.311 e. The first-order chi connectivity index (χ1) is 12.1. The molecule has 0 atom stereocenters. The zero-order valence-electron chi connectivity index (χ0n) is 14.8. The molecule has 1 aliphatic carbocycles. The van der Waals surface area contributed by atoms with Crippen molar-refractivity contribution >= 4 is 17.4 Å². The van der Waals surface area contributed by atoms with Gasteiger partial charge in [-0.2, -0.15) is 0 Å². The lowest BCUT2D eigenvalue weighted by molar-refractivity contribution is 0.435. The molecule has 2 aromatic rings. The summed E-state index contributed by atoms with van der Waals surface area (Å²) >= 11 is 1.54. The van der Waals surface area contributed by atoms with E-state index in [2.05, 4.69) is 46.9 Å². The Bertz CT molecular complexity index is 860. The van der Waals surface area contributed by atoms with Crippen LogP contribution in [0.15, 0.2) is 28.2 Å². The molecule has 3 rings (SSSR count). The highest BCUT2D eigenvalue weighted by atomic mass is 32.2. The summed E-state index contributed by atoms with van der Waals surface area (Å²) in [6.45, 7) is 11.5. The monoisotopic (exact) mass is 353 g/mol. The van der Waals surface area contributed by atoms with E-state index >= 15 is 0 Å². The van der Waals surface area contributed by atoms with E-state index in [0.29, 0.717) is 10.9 Å². The average Bonchev–Trinajstić information content (AvgIpc) is 2.62. The van der Waals surface area contributed by atoms with Gasteiger partial charge in [-0.15, -0.1) is 0 Å². The molecule has 0 aliphatic heterocycles. The van der Waals surface area contributed by atoms with Crippen molar-refractivity contribution in [1.82, 2.24) is 9.97 Å². The highest BCUT2D eigenvalue weighted by molar-refractivity contribution is 7.98. The first-order valence-corrected chi connectivity index (χ1v) is 9.77. The summed E-state index contributed by atoms with van der Waals surface area (Å²) in [7, 11) is 0. The Hall–Kier alpha value is -2.06. The number of aromatic nitrogens is 2. The molecule has 0 unspecified atom stereocenters. The highest BCUT2D eigenvalue weighted by Gasteiger charge is 2.23. The number of hydrogen-bond acceptors (Lipinski definition) is 3. The van der Waals surface area contributed by atoms with Gasteiger partial charge in [0.05, 0.1) is 12.3 Å². The van der Waals surface area contributed by atoms with E-state index in [-0.39, 0.29) is 17.2 Å². The van der Waals surface area contributed by atoms with E-state index in [4.69, 9.17) is 6.57 Å². The molecule has 1 fully saturated rings. The minimum Gasteiger partial charge on any atom is -0.311 e. The SMILES string of the molecule is [C-]#[N+]c1c(C2CCCCC2)nc(SCc2cc(C)ccc2C)[nH]c1=O. The molecule has 0 radical (unpaired) electrons. The molecular weight excluding hydrogens is 330 g/mol. The van der Waals surface area contributed by atoms with Crippen molar-refractivity contribution in [2.24, 2.45) is 0 Å². The Labute approximate surface area is 152 Å². The standard InChI is InChI=1S/C20H23N3OS/c1-13-9-10-14(2)16(11-13)12-25-20-22-17(15-7-5-4-6-8-15)18(21-3)19(24)23-20/h9-11,15H,4-8,12H2,1-2H3,(H,22,23,24). The van der Waals surface area contributed by atoms with E-state index in [1.165, 1.54) is 34.9 Å². The van der Waals surface area contributed by atoms with Crippen molar-refractivity contribution in [3.8, 4) is 0 Å². The summed E-state index contributed by atoms with van der Waals surface area (Å²) in [5.74, 6) is 1.01. The van der Waals surface area contributed by atoms with Crippen LogP contribution in [0.4, 0.5) is 5.69 Å². The molecule has 0 spiro atoms. The fourth-order valence-corrected chi connectivity index (χ4v) is 4.33. The Morgan fingerprint density at radius 1 is 1.28 bits per heavy atom. The zero-order valence-corrected chi connectivity index (χ0v) is 15.6. The van der Waals surface area contributed by atoms with E-state index in [0.717, 1.165) is 31.4 Å². The van der Waals surface area contributed by atoms with Gasteiger partial charge in [0, 0.05) is 5.75 Å². The molecular formula is C20H23N3OS. The van der Waals surface area contributed by atoms with Crippen LogP contribution < -0.4 is 5.56 Å².